The zero-order chi connectivity index (χ0) is 21.0. The zero-order valence-electron chi connectivity index (χ0n) is 18.3. The van der Waals surface area contributed by atoms with Gasteiger partial charge in [-0.05, 0) is 61.6 Å². The molecule has 2 aromatic carbocycles. The Labute approximate surface area is 179 Å². The summed E-state index contributed by atoms with van der Waals surface area (Å²) < 4.78 is 2.26. The van der Waals surface area contributed by atoms with Crippen LogP contribution in [0, 0.1) is 13.8 Å². The monoisotopic (exact) mass is 409 g/mol. The van der Waals surface area contributed by atoms with E-state index in [-0.39, 0.29) is 5.78 Å². The van der Waals surface area contributed by atoms with E-state index in [1.807, 2.05) is 23.9 Å². The predicted octanol–water partition coefficient (Wildman–Crippen LogP) is 6.01. The largest absolute Gasteiger partial charge is 0.312 e. The number of thioether (sulfide) groups is 1. The van der Waals surface area contributed by atoms with E-state index in [1.54, 1.807) is 0 Å². The molecule has 1 aliphatic rings. The highest BCUT2D eigenvalue weighted by Gasteiger charge is 2.32. The molecule has 4 heteroatoms. The summed E-state index contributed by atoms with van der Waals surface area (Å²) in [5, 5.41) is 4.68. The Hall–Kier alpha value is -2.07. The van der Waals surface area contributed by atoms with Gasteiger partial charge in [-0.2, -0.15) is 0 Å². The molecular weight excluding hydrogens is 376 g/mol. The molecular formula is C25H33N2OS+. The lowest BCUT2D eigenvalue weighted by atomic mass is 9.97. The molecule has 0 saturated carbocycles. The van der Waals surface area contributed by atoms with Crippen molar-refractivity contribution in [3.8, 4) is 0 Å². The van der Waals surface area contributed by atoms with E-state index in [9.17, 15) is 4.79 Å². The number of hydrogen-bond acceptors (Lipinski definition) is 3. The van der Waals surface area contributed by atoms with Crippen molar-refractivity contribution >= 4 is 28.4 Å². The first kappa shape index (κ1) is 21.6. The van der Waals surface area contributed by atoms with Crippen molar-refractivity contribution in [1.29, 1.82) is 0 Å². The maximum Gasteiger partial charge on any atom is 0.312 e. The number of anilines is 1. The quantitative estimate of drug-likeness (QED) is 0.449. The maximum absolute atomic E-state index is 13.0. The summed E-state index contributed by atoms with van der Waals surface area (Å²) in [6.45, 7) is 11.3. The Morgan fingerprint density at radius 1 is 1.17 bits per heavy atom. The second-order valence-electron chi connectivity index (χ2n) is 8.10. The minimum atomic E-state index is 0.182. The van der Waals surface area contributed by atoms with Gasteiger partial charge in [0.1, 0.15) is 18.3 Å². The Morgan fingerprint density at radius 3 is 2.52 bits per heavy atom. The summed E-state index contributed by atoms with van der Waals surface area (Å²) >= 11 is 1.82. The number of rotatable bonds is 7. The number of carbonyl (C=O) groups excluding carboxylic acids is 1. The number of aryl methyl sites for hydroxylation is 2. The second kappa shape index (κ2) is 9.62. The molecule has 0 bridgehead atoms. The molecule has 154 valence electrons. The minimum Gasteiger partial charge on any atom is -0.290 e. The normalized spacial score (nSPS) is 17.5. The van der Waals surface area contributed by atoms with Gasteiger partial charge in [-0.1, -0.05) is 62.7 Å². The van der Waals surface area contributed by atoms with Crippen LogP contribution in [0.5, 0.6) is 0 Å². The van der Waals surface area contributed by atoms with Gasteiger partial charge in [0.25, 0.3) is 0 Å². The molecule has 0 unspecified atom stereocenters. The molecule has 0 spiro atoms. The van der Waals surface area contributed by atoms with Gasteiger partial charge in [0, 0.05) is 11.3 Å². The Balaban J connectivity index is 1.81. The number of amidine groups is 1. The van der Waals surface area contributed by atoms with Crippen molar-refractivity contribution in [2.24, 2.45) is 0 Å². The molecule has 3 rings (SSSR count). The van der Waals surface area contributed by atoms with Crippen LogP contribution in [0.1, 0.15) is 66.6 Å². The highest BCUT2D eigenvalue weighted by molar-refractivity contribution is 8.14. The number of nitrogens with one attached hydrogen (secondary N) is 1. The van der Waals surface area contributed by atoms with Gasteiger partial charge >= 0.3 is 5.17 Å². The molecule has 0 aromatic heterocycles. The van der Waals surface area contributed by atoms with Crippen LogP contribution in [0.25, 0.3) is 0 Å². The first-order valence-corrected chi connectivity index (χ1v) is 11.6. The van der Waals surface area contributed by atoms with Crippen LogP contribution in [0.15, 0.2) is 42.5 Å². The fourth-order valence-corrected chi connectivity index (χ4v) is 5.04. The van der Waals surface area contributed by atoms with Gasteiger partial charge in [0.05, 0.1) is 0 Å². The van der Waals surface area contributed by atoms with Crippen molar-refractivity contribution in [2.75, 3.05) is 17.6 Å². The molecule has 0 aliphatic carbocycles. The van der Waals surface area contributed by atoms with Crippen LogP contribution >= 0.6 is 11.8 Å². The third-order valence-corrected chi connectivity index (χ3v) is 7.10. The third kappa shape index (κ3) is 5.11. The summed E-state index contributed by atoms with van der Waals surface area (Å²) in [7, 11) is 0. The van der Waals surface area contributed by atoms with Crippen LogP contribution < -0.4 is 5.32 Å². The first-order chi connectivity index (χ1) is 13.9. The van der Waals surface area contributed by atoms with Crippen molar-refractivity contribution in [2.45, 2.75) is 59.4 Å². The van der Waals surface area contributed by atoms with E-state index in [4.69, 9.17) is 0 Å². The third-order valence-electron chi connectivity index (χ3n) is 5.94. The standard InChI is InChI=1S/C25H32N2OS/c1-6-18(4)20-9-11-21(12-10-20)24(28)15-27-22(7-2)16-29-25(27)26-23-13-8-17(3)14-19(23)5/h8-14,18,22H,6-7,15-16H2,1-5H3/p+1/t18-,22+/m1/s1. The molecule has 0 radical (unpaired) electrons. The smallest absolute Gasteiger partial charge is 0.290 e. The fraction of sp³-hybridized carbons (Fsp3) is 0.440. The van der Waals surface area contributed by atoms with E-state index < -0.39 is 0 Å². The van der Waals surface area contributed by atoms with Crippen LogP contribution in [-0.4, -0.2) is 33.9 Å². The van der Waals surface area contributed by atoms with E-state index in [1.165, 1.54) is 16.7 Å². The minimum absolute atomic E-state index is 0.182. The number of nitrogens with zero attached hydrogens (tertiary/aromatic N) is 1. The molecule has 1 N–H and O–H groups in total. The number of hydrogen-bond donors (Lipinski definition) is 1. The van der Waals surface area contributed by atoms with Gasteiger partial charge in [-0.25, -0.2) is 9.89 Å². The SMILES string of the molecule is CC[C@H]1CSC(Nc2ccc(C)cc2C)=[N+]1CC(=O)c1ccc([C@H](C)CC)cc1. The van der Waals surface area contributed by atoms with Crippen LogP contribution in [0.2, 0.25) is 0 Å². The fourth-order valence-electron chi connectivity index (χ4n) is 3.71. The van der Waals surface area contributed by atoms with Gasteiger partial charge in [-0.3, -0.25) is 4.79 Å². The topological polar surface area (TPSA) is 32.1 Å². The summed E-state index contributed by atoms with van der Waals surface area (Å²) in [4.78, 5) is 13.0. The number of carbonyl (C=O) groups is 1. The van der Waals surface area contributed by atoms with E-state index >= 15 is 0 Å². The molecule has 2 atom stereocenters. The lowest BCUT2D eigenvalue weighted by Crippen LogP contribution is -2.33. The molecule has 3 nitrogen and oxygen atoms in total. The van der Waals surface area contributed by atoms with E-state index in [0.29, 0.717) is 18.5 Å². The van der Waals surface area contributed by atoms with Crippen molar-refractivity contribution in [3.05, 3.63) is 64.7 Å². The highest BCUT2D eigenvalue weighted by atomic mass is 32.2. The van der Waals surface area contributed by atoms with Crippen LogP contribution in [0.3, 0.4) is 0 Å². The summed E-state index contributed by atoms with van der Waals surface area (Å²) in [5.74, 6) is 1.73. The van der Waals surface area contributed by atoms with Gasteiger partial charge < -0.3 is 0 Å². The van der Waals surface area contributed by atoms with Crippen molar-refractivity contribution < 1.29 is 9.37 Å². The van der Waals surface area contributed by atoms with E-state index in [2.05, 4.69) is 74.8 Å². The van der Waals surface area contributed by atoms with Gasteiger partial charge in [0.2, 0.25) is 5.78 Å². The number of benzene rings is 2. The molecule has 1 heterocycles. The summed E-state index contributed by atoms with van der Waals surface area (Å²) in [6.07, 6.45) is 2.14. The number of Topliss-reactive ketones (excluding diaryl/α,β-unsaturated/α-hetero) is 1. The second-order valence-corrected chi connectivity index (χ2v) is 9.11. The predicted molar refractivity (Wildman–Crippen MR) is 126 cm³/mol. The lowest BCUT2D eigenvalue weighted by molar-refractivity contribution is -0.543. The molecule has 0 amide bonds. The van der Waals surface area contributed by atoms with Crippen molar-refractivity contribution in [1.82, 2.24) is 0 Å². The van der Waals surface area contributed by atoms with Gasteiger partial charge in [0.15, 0.2) is 0 Å². The lowest BCUT2D eigenvalue weighted by Gasteiger charge is -2.13. The van der Waals surface area contributed by atoms with E-state index in [0.717, 1.165) is 35.0 Å². The molecule has 2 aromatic rings. The Bertz CT molecular complexity index is 902. The molecule has 0 fully saturated rings. The summed E-state index contributed by atoms with van der Waals surface area (Å²) in [5.41, 5.74) is 5.71. The summed E-state index contributed by atoms with van der Waals surface area (Å²) in [6, 6.07) is 15.0. The van der Waals surface area contributed by atoms with Crippen LogP contribution in [-0.2, 0) is 0 Å². The highest BCUT2D eigenvalue weighted by Crippen LogP contribution is 2.25. The van der Waals surface area contributed by atoms with Gasteiger partial charge in [-0.15, -0.1) is 0 Å². The zero-order valence-corrected chi connectivity index (χ0v) is 19.1. The average molecular weight is 410 g/mol. The molecule has 0 saturated heterocycles. The maximum atomic E-state index is 13.0. The number of ketones is 1. The average Bonchev–Trinajstić information content (AvgIpc) is 3.10. The Kier molecular flexibility index (Phi) is 7.18. The first-order valence-electron chi connectivity index (χ1n) is 10.7. The van der Waals surface area contributed by atoms with Crippen molar-refractivity contribution in [3.63, 3.8) is 0 Å². The van der Waals surface area contributed by atoms with Crippen LogP contribution in [0.4, 0.5) is 5.69 Å². The molecule has 1 aliphatic heterocycles. The Morgan fingerprint density at radius 2 is 1.90 bits per heavy atom. The molecule has 29 heavy (non-hydrogen) atoms.